The van der Waals surface area contributed by atoms with Crippen molar-refractivity contribution >= 4 is 17.1 Å². The summed E-state index contributed by atoms with van der Waals surface area (Å²) in [6.45, 7) is 0. The van der Waals surface area contributed by atoms with Gasteiger partial charge in [-0.1, -0.05) is 12.5 Å². The number of allylic oxidation sites excluding steroid dienone is 1. The molecule has 0 aromatic carbocycles. The van der Waals surface area contributed by atoms with Gasteiger partial charge in [0.15, 0.2) is 0 Å². The third-order valence-corrected chi connectivity index (χ3v) is 2.92. The first-order valence-electron chi connectivity index (χ1n) is 4.66. The minimum atomic E-state index is -0.265. The summed E-state index contributed by atoms with van der Waals surface area (Å²) in [5, 5.41) is 11.5. The van der Waals surface area contributed by atoms with Gasteiger partial charge < -0.3 is 5.11 Å². The zero-order valence-electron chi connectivity index (χ0n) is 7.44. The Balaban J connectivity index is 2.21. The van der Waals surface area contributed by atoms with E-state index in [4.69, 9.17) is 0 Å². The molecule has 1 aliphatic carbocycles. The topological polar surface area (TPSA) is 33.1 Å². The van der Waals surface area contributed by atoms with Gasteiger partial charge in [-0.15, -0.1) is 0 Å². The highest BCUT2D eigenvalue weighted by molar-refractivity contribution is 7.03. The van der Waals surface area contributed by atoms with E-state index in [-0.39, 0.29) is 6.10 Å². The molecule has 1 unspecified atom stereocenters. The fourth-order valence-corrected chi connectivity index (χ4v) is 2.20. The van der Waals surface area contributed by atoms with E-state index in [2.05, 4.69) is 4.37 Å². The Bertz CT molecular complexity index is 292. The summed E-state index contributed by atoms with van der Waals surface area (Å²) >= 11 is 1.47. The monoisotopic (exact) mass is 195 g/mol. The number of nitrogens with zero attached hydrogens (tertiary/aromatic N) is 1. The van der Waals surface area contributed by atoms with Crippen LogP contribution >= 0.6 is 11.5 Å². The summed E-state index contributed by atoms with van der Waals surface area (Å²) in [4.78, 5) is 0. The third-order valence-electron chi connectivity index (χ3n) is 2.36. The summed E-state index contributed by atoms with van der Waals surface area (Å²) in [5.74, 6) is 0. The molecular weight excluding hydrogens is 182 g/mol. The van der Waals surface area contributed by atoms with E-state index < -0.39 is 0 Å². The molecule has 0 saturated carbocycles. The Hall–Kier alpha value is -0.670. The summed E-state index contributed by atoms with van der Waals surface area (Å²) in [6, 6.07) is 2.02. The molecule has 0 bridgehead atoms. The number of aliphatic hydroxyl groups excluding tert-OH is 1. The molecule has 1 aliphatic rings. The highest BCUT2D eigenvalue weighted by atomic mass is 32.1. The Kier molecular flexibility index (Phi) is 2.76. The Morgan fingerprint density at radius 2 is 2.38 bits per heavy atom. The fourth-order valence-electron chi connectivity index (χ4n) is 1.66. The Labute approximate surface area is 82.1 Å². The second kappa shape index (κ2) is 4.03. The normalized spacial score (nSPS) is 23.8. The molecule has 0 fully saturated rings. The largest absolute Gasteiger partial charge is 0.389 e. The van der Waals surface area contributed by atoms with E-state index in [1.165, 1.54) is 23.5 Å². The minimum Gasteiger partial charge on any atom is -0.389 e. The van der Waals surface area contributed by atoms with Crippen molar-refractivity contribution in [2.24, 2.45) is 0 Å². The predicted octanol–water partition coefficient (Wildman–Crippen LogP) is 2.46. The van der Waals surface area contributed by atoms with Crippen LogP contribution in [0.4, 0.5) is 0 Å². The van der Waals surface area contributed by atoms with E-state index >= 15 is 0 Å². The van der Waals surface area contributed by atoms with E-state index in [0.29, 0.717) is 0 Å². The minimum absolute atomic E-state index is 0.265. The lowest BCUT2D eigenvalue weighted by atomic mass is 10.1. The van der Waals surface area contributed by atoms with Crippen molar-refractivity contribution in [3.05, 3.63) is 23.2 Å². The van der Waals surface area contributed by atoms with Crippen molar-refractivity contribution in [1.82, 2.24) is 4.37 Å². The number of aromatic nitrogens is 1. The molecule has 1 N–H and O–H groups in total. The van der Waals surface area contributed by atoms with Crippen molar-refractivity contribution in [1.29, 1.82) is 0 Å². The molecule has 0 aliphatic heterocycles. The SMILES string of the molecule is OC1C=C(c2ccsn2)CCCC1. The van der Waals surface area contributed by atoms with Gasteiger partial charge in [0.05, 0.1) is 11.8 Å². The van der Waals surface area contributed by atoms with E-state index in [1.54, 1.807) is 0 Å². The van der Waals surface area contributed by atoms with Crippen LogP contribution in [0.5, 0.6) is 0 Å². The lowest BCUT2D eigenvalue weighted by Gasteiger charge is -2.01. The standard InChI is InChI=1S/C10H13NOS/c12-9-4-2-1-3-8(7-9)10-5-6-13-11-10/h5-7,9,12H,1-4H2. The van der Waals surface area contributed by atoms with Gasteiger partial charge in [-0.25, -0.2) is 0 Å². The van der Waals surface area contributed by atoms with Crippen LogP contribution in [-0.2, 0) is 0 Å². The van der Waals surface area contributed by atoms with E-state index in [1.807, 2.05) is 17.5 Å². The molecule has 0 amide bonds. The van der Waals surface area contributed by atoms with Crippen molar-refractivity contribution < 1.29 is 5.11 Å². The Morgan fingerprint density at radius 3 is 3.15 bits per heavy atom. The zero-order chi connectivity index (χ0) is 9.10. The van der Waals surface area contributed by atoms with Crippen LogP contribution in [0.2, 0.25) is 0 Å². The fraction of sp³-hybridized carbons (Fsp3) is 0.500. The van der Waals surface area contributed by atoms with Crippen LogP contribution < -0.4 is 0 Å². The number of rotatable bonds is 1. The molecule has 2 rings (SSSR count). The summed E-state index contributed by atoms with van der Waals surface area (Å²) in [6.07, 6.45) is 5.93. The molecule has 0 saturated heterocycles. The lowest BCUT2D eigenvalue weighted by molar-refractivity contribution is 0.211. The van der Waals surface area contributed by atoms with Crippen molar-refractivity contribution in [2.75, 3.05) is 0 Å². The Morgan fingerprint density at radius 1 is 1.46 bits per heavy atom. The first kappa shape index (κ1) is 8.91. The van der Waals surface area contributed by atoms with Gasteiger partial charge in [-0.2, -0.15) is 4.37 Å². The van der Waals surface area contributed by atoms with Crippen LogP contribution in [0, 0.1) is 0 Å². The molecule has 70 valence electrons. The summed E-state index contributed by atoms with van der Waals surface area (Å²) in [5.41, 5.74) is 2.26. The molecule has 0 spiro atoms. The third kappa shape index (κ3) is 2.17. The molecule has 1 atom stereocenters. The molecular formula is C10H13NOS. The van der Waals surface area contributed by atoms with Crippen molar-refractivity contribution in [3.8, 4) is 0 Å². The van der Waals surface area contributed by atoms with Gasteiger partial charge in [-0.3, -0.25) is 0 Å². The predicted molar refractivity (Wildman–Crippen MR) is 54.6 cm³/mol. The lowest BCUT2D eigenvalue weighted by Crippen LogP contribution is -2.00. The van der Waals surface area contributed by atoms with Gasteiger partial charge in [0.2, 0.25) is 0 Å². The first-order valence-corrected chi connectivity index (χ1v) is 5.49. The van der Waals surface area contributed by atoms with E-state index in [9.17, 15) is 5.11 Å². The average molecular weight is 195 g/mol. The molecule has 2 nitrogen and oxygen atoms in total. The quantitative estimate of drug-likeness (QED) is 0.746. The molecule has 3 heteroatoms. The first-order chi connectivity index (χ1) is 6.36. The van der Waals surface area contributed by atoms with Crippen LogP contribution in [0.1, 0.15) is 31.4 Å². The van der Waals surface area contributed by atoms with Gasteiger partial charge >= 0.3 is 0 Å². The average Bonchev–Trinajstić information content (AvgIpc) is 2.56. The molecule has 13 heavy (non-hydrogen) atoms. The van der Waals surface area contributed by atoms with Crippen LogP contribution in [0.25, 0.3) is 5.57 Å². The van der Waals surface area contributed by atoms with Crippen molar-refractivity contribution in [2.45, 2.75) is 31.8 Å². The van der Waals surface area contributed by atoms with Gasteiger partial charge in [-0.05, 0) is 42.4 Å². The number of hydrogen-bond acceptors (Lipinski definition) is 3. The number of hydrogen-bond donors (Lipinski definition) is 1. The highest BCUT2D eigenvalue weighted by Crippen LogP contribution is 2.25. The summed E-state index contributed by atoms with van der Waals surface area (Å²) in [7, 11) is 0. The second-order valence-electron chi connectivity index (χ2n) is 3.39. The maximum Gasteiger partial charge on any atom is 0.0798 e. The van der Waals surface area contributed by atoms with Gasteiger partial charge in [0.1, 0.15) is 0 Å². The highest BCUT2D eigenvalue weighted by Gasteiger charge is 2.11. The van der Waals surface area contributed by atoms with Crippen LogP contribution in [0.15, 0.2) is 17.5 Å². The smallest absolute Gasteiger partial charge is 0.0798 e. The van der Waals surface area contributed by atoms with Crippen molar-refractivity contribution in [3.63, 3.8) is 0 Å². The van der Waals surface area contributed by atoms with Gasteiger partial charge in [0, 0.05) is 5.38 Å². The van der Waals surface area contributed by atoms with Gasteiger partial charge in [0.25, 0.3) is 0 Å². The number of aliphatic hydroxyl groups is 1. The maximum absolute atomic E-state index is 9.56. The summed E-state index contributed by atoms with van der Waals surface area (Å²) < 4.78 is 4.28. The second-order valence-corrected chi connectivity index (χ2v) is 4.06. The molecule has 1 aromatic rings. The molecule has 1 heterocycles. The van der Waals surface area contributed by atoms with E-state index in [0.717, 1.165) is 25.0 Å². The molecule has 1 aromatic heterocycles. The van der Waals surface area contributed by atoms with Crippen LogP contribution in [-0.4, -0.2) is 15.6 Å². The zero-order valence-corrected chi connectivity index (χ0v) is 8.26. The maximum atomic E-state index is 9.56. The molecule has 0 radical (unpaired) electrons. The van der Waals surface area contributed by atoms with Crippen LogP contribution in [0.3, 0.4) is 0 Å².